The molecular weight excluding hydrogens is 198 g/mol. The standard InChI is InChI=1S/C9H9ClF2O/c1-5-2-3-6(7(10)4-5)8(13)9(11)12/h2-4,8-9,13H,1H3. The minimum Gasteiger partial charge on any atom is -0.382 e. The minimum atomic E-state index is -2.81. The molecule has 0 fully saturated rings. The van der Waals surface area contributed by atoms with Gasteiger partial charge in [0, 0.05) is 10.6 Å². The van der Waals surface area contributed by atoms with Crippen molar-refractivity contribution in [2.24, 2.45) is 0 Å². The van der Waals surface area contributed by atoms with Crippen molar-refractivity contribution in [2.45, 2.75) is 19.5 Å². The Morgan fingerprint density at radius 3 is 2.46 bits per heavy atom. The van der Waals surface area contributed by atoms with Crippen LogP contribution in [0.15, 0.2) is 18.2 Å². The Morgan fingerprint density at radius 1 is 1.38 bits per heavy atom. The summed E-state index contributed by atoms with van der Waals surface area (Å²) in [4.78, 5) is 0. The molecule has 0 bridgehead atoms. The smallest absolute Gasteiger partial charge is 0.268 e. The van der Waals surface area contributed by atoms with E-state index in [2.05, 4.69) is 0 Å². The van der Waals surface area contributed by atoms with Gasteiger partial charge in [0.25, 0.3) is 6.43 Å². The van der Waals surface area contributed by atoms with Gasteiger partial charge in [-0.2, -0.15) is 0 Å². The molecule has 1 aromatic rings. The highest BCUT2D eigenvalue weighted by Gasteiger charge is 2.21. The zero-order valence-electron chi connectivity index (χ0n) is 6.97. The van der Waals surface area contributed by atoms with Crippen molar-refractivity contribution in [1.29, 1.82) is 0 Å². The molecule has 13 heavy (non-hydrogen) atoms. The molecule has 0 radical (unpaired) electrons. The lowest BCUT2D eigenvalue weighted by molar-refractivity contribution is -0.00573. The van der Waals surface area contributed by atoms with Crippen LogP contribution in [0, 0.1) is 6.92 Å². The Hall–Kier alpha value is -0.670. The van der Waals surface area contributed by atoms with E-state index in [0.29, 0.717) is 0 Å². The van der Waals surface area contributed by atoms with E-state index in [9.17, 15) is 8.78 Å². The maximum atomic E-state index is 12.1. The molecule has 0 aromatic heterocycles. The fraction of sp³-hybridized carbons (Fsp3) is 0.333. The maximum Gasteiger partial charge on any atom is 0.268 e. The SMILES string of the molecule is Cc1ccc(C(O)C(F)F)c(Cl)c1. The number of rotatable bonds is 2. The molecule has 0 heterocycles. The number of alkyl halides is 2. The zero-order valence-corrected chi connectivity index (χ0v) is 7.72. The summed E-state index contributed by atoms with van der Waals surface area (Å²) in [7, 11) is 0. The van der Waals surface area contributed by atoms with Gasteiger partial charge < -0.3 is 5.11 Å². The summed E-state index contributed by atoms with van der Waals surface area (Å²) >= 11 is 5.68. The van der Waals surface area contributed by atoms with Gasteiger partial charge in [-0.3, -0.25) is 0 Å². The van der Waals surface area contributed by atoms with Gasteiger partial charge in [-0.25, -0.2) is 8.78 Å². The summed E-state index contributed by atoms with van der Waals surface area (Å²) in [5.41, 5.74) is 0.942. The van der Waals surface area contributed by atoms with Crippen LogP contribution in [-0.2, 0) is 0 Å². The first-order valence-corrected chi connectivity index (χ1v) is 4.12. The van der Waals surface area contributed by atoms with Gasteiger partial charge in [-0.1, -0.05) is 23.7 Å². The van der Waals surface area contributed by atoms with Crippen LogP contribution in [0.2, 0.25) is 5.02 Å². The lowest BCUT2D eigenvalue weighted by Gasteiger charge is -2.11. The lowest BCUT2D eigenvalue weighted by atomic mass is 10.1. The second-order valence-corrected chi connectivity index (χ2v) is 3.21. The third-order valence-electron chi connectivity index (χ3n) is 1.71. The molecule has 1 rings (SSSR count). The molecule has 72 valence electrons. The van der Waals surface area contributed by atoms with Gasteiger partial charge in [-0.05, 0) is 18.6 Å². The number of aliphatic hydroxyl groups is 1. The quantitative estimate of drug-likeness (QED) is 0.789. The van der Waals surface area contributed by atoms with E-state index in [1.165, 1.54) is 6.07 Å². The van der Waals surface area contributed by atoms with Crippen LogP contribution < -0.4 is 0 Å². The topological polar surface area (TPSA) is 20.2 Å². The molecule has 1 nitrogen and oxygen atoms in total. The van der Waals surface area contributed by atoms with Crippen molar-refractivity contribution in [1.82, 2.24) is 0 Å². The number of hydrogen-bond donors (Lipinski definition) is 1. The Balaban J connectivity index is 3.01. The summed E-state index contributed by atoms with van der Waals surface area (Å²) in [5.74, 6) is 0. The van der Waals surface area contributed by atoms with E-state index in [4.69, 9.17) is 16.7 Å². The van der Waals surface area contributed by atoms with Crippen LogP contribution in [-0.4, -0.2) is 11.5 Å². The monoisotopic (exact) mass is 206 g/mol. The number of hydrogen-bond acceptors (Lipinski definition) is 1. The van der Waals surface area contributed by atoms with Crippen LogP contribution >= 0.6 is 11.6 Å². The van der Waals surface area contributed by atoms with E-state index in [1.54, 1.807) is 19.1 Å². The van der Waals surface area contributed by atoms with Gasteiger partial charge in [-0.15, -0.1) is 0 Å². The molecule has 4 heteroatoms. The highest BCUT2D eigenvalue weighted by molar-refractivity contribution is 6.31. The third kappa shape index (κ3) is 2.39. The fourth-order valence-electron chi connectivity index (χ4n) is 1.01. The Bertz CT molecular complexity index is 302. The highest BCUT2D eigenvalue weighted by Crippen LogP contribution is 2.27. The van der Waals surface area contributed by atoms with Crippen molar-refractivity contribution >= 4 is 11.6 Å². The molecule has 0 aliphatic carbocycles. The van der Waals surface area contributed by atoms with Crippen molar-refractivity contribution in [2.75, 3.05) is 0 Å². The van der Waals surface area contributed by atoms with Crippen molar-refractivity contribution in [3.8, 4) is 0 Å². The van der Waals surface area contributed by atoms with Crippen molar-refractivity contribution in [3.63, 3.8) is 0 Å². The third-order valence-corrected chi connectivity index (χ3v) is 2.04. The summed E-state index contributed by atoms with van der Waals surface area (Å²) < 4.78 is 24.2. The van der Waals surface area contributed by atoms with E-state index in [1.807, 2.05) is 0 Å². The molecule has 0 aliphatic heterocycles. The van der Waals surface area contributed by atoms with Crippen LogP contribution in [0.4, 0.5) is 8.78 Å². The normalized spacial score (nSPS) is 13.4. The molecule has 1 atom stereocenters. The fourth-order valence-corrected chi connectivity index (χ4v) is 1.35. The molecule has 0 spiro atoms. The number of aliphatic hydroxyl groups excluding tert-OH is 1. The lowest BCUT2D eigenvalue weighted by Crippen LogP contribution is -2.08. The zero-order chi connectivity index (χ0) is 10.0. The average Bonchev–Trinajstić information content (AvgIpc) is 2.03. The Morgan fingerprint density at radius 2 is 2.00 bits per heavy atom. The van der Waals surface area contributed by atoms with Crippen molar-refractivity contribution in [3.05, 3.63) is 34.3 Å². The van der Waals surface area contributed by atoms with Crippen molar-refractivity contribution < 1.29 is 13.9 Å². The number of halogens is 3. The van der Waals surface area contributed by atoms with Gasteiger partial charge in [0.2, 0.25) is 0 Å². The predicted molar refractivity (Wildman–Crippen MR) is 47.2 cm³/mol. The molecule has 0 aliphatic rings. The van der Waals surface area contributed by atoms with E-state index in [0.717, 1.165) is 5.56 Å². The Kier molecular flexibility index (Phi) is 3.22. The number of benzene rings is 1. The number of aryl methyl sites for hydroxylation is 1. The van der Waals surface area contributed by atoms with Gasteiger partial charge in [0.1, 0.15) is 6.10 Å². The average molecular weight is 207 g/mol. The van der Waals surface area contributed by atoms with Gasteiger partial charge in [0.05, 0.1) is 0 Å². The minimum absolute atomic E-state index is 0.0715. The van der Waals surface area contributed by atoms with Crippen LogP contribution in [0.1, 0.15) is 17.2 Å². The molecule has 0 saturated carbocycles. The van der Waals surface area contributed by atoms with E-state index >= 15 is 0 Å². The molecule has 0 amide bonds. The summed E-state index contributed by atoms with van der Waals surface area (Å²) in [6.07, 6.45) is -4.60. The molecule has 1 unspecified atom stereocenters. The largest absolute Gasteiger partial charge is 0.382 e. The van der Waals surface area contributed by atoms with Gasteiger partial charge >= 0.3 is 0 Å². The predicted octanol–water partition coefficient (Wildman–Crippen LogP) is 2.95. The first-order valence-electron chi connectivity index (χ1n) is 3.74. The molecule has 1 aromatic carbocycles. The van der Waals surface area contributed by atoms with Crippen LogP contribution in [0.25, 0.3) is 0 Å². The maximum absolute atomic E-state index is 12.1. The van der Waals surface area contributed by atoms with Gasteiger partial charge in [0.15, 0.2) is 0 Å². The molecular formula is C9H9ClF2O. The first kappa shape index (κ1) is 10.4. The first-order chi connectivity index (χ1) is 6.02. The van der Waals surface area contributed by atoms with E-state index < -0.39 is 12.5 Å². The second-order valence-electron chi connectivity index (χ2n) is 2.80. The Labute approximate surface area is 80.0 Å². The summed E-state index contributed by atoms with van der Waals surface area (Å²) in [6, 6.07) is 4.59. The second kappa shape index (κ2) is 4.03. The summed E-state index contributed by atoms with van der Waals surface area (Å²) in [5, 5.41) is 9.21. The van der Waals surface area contributed by atoms with Crippen LogP contribution in [0.5, 0.6) is 0 Å². The molecule has 0 saturated heterocycles. The summed E-state index contributed by atoms with van der Waals surface area (Å²) in [6.45, 7) is 1.80. The van der Waals surface area contributed by atoms with E-state index in [-0.39, 0.29) is 10.6 Å². The molecule has 1 N–H and O–H groups in total. The highest BCUT2D eigenvalue weighted by atomic mass is 35.5. The van der Waals surface area contributed by atoms with Crippen LogP contribution in [0.3, 0.4) is 0 Å².